The molecular weight excluding hydrogens is 303 g/mol. The van der Waals surface area contributed by atoms with E-state index in [1.807, 2.05) is 0 Å². The summed E-state index contributed by atoms with van der Waals surface area (Å²) in [6.45, 7) is -1.28. The first-order chi connectivity index (χ1) is 9.29. The van der Waals surface area contributed by atoms with E-state index >= 15 is 0 Å². The quantitative estimate of drug-likeness (QED) is 0.438. The fourth-order valence-electron chi connectivity index (χ4n) is 1.26. The lowest BCUT2D eigenvalue weighted by Crippen LogP contribution is -2.18. The largest absolute Gasteiger partial charge is 0.493 e. The number of halogens is 4. The van der Waals surface area contributed by atoms with Crippen LogP contribution in [0.4, 0.5) is 18.9 Å². The van der Waals surface area contributed by atoms with E-state index in [1.54, 1.807) is 0 Å². The molecule has 0 unspecified atom stereocenters. The van der Waals surface area contributed by atoms with Crippen molar-refractivity contribution in [1.29, 1.82) is 0 Å². The first kappa shape index (κ1) is 16.5. The molecule has 20 heavy (non-hydrogen) atoms. The van der Waals surface area contributed by atoms with Gasteiger partial charge in [-0.1, -0.05) is 11.6 Å². The molecule has 112 valence electrons. The second-order valence-corrected chi connectivity index (χ2v) is 4.15. The zero-order valence-corrected chi connectivity index (χ0v) is 10.9. The maximum absolute atomic E-state index is 11.8. The van der Waals surface area contributed by atoms with Crippen molar-refractivity contribution in [1.82, 2.24) is 0 Å². The van der Waals surface area contributed by atoms with E-state index in [0.717, 1.165) is 0 Å². The molecule has 0 heterocycles. The van der Waals surface area contributed by atoms with Crippen LogP contribution in [0.2, 0.25) is 5.02 Å². The molecule has 0 saturated carbocycles. The third-order valence-corrected chi connectivity index (χ3v) is 2.39. The van der Waals surface area contributed by atoms with Gasteiger partial charge in [-0.2, -0.15) is 13.2 Å². The van der Waals surface area contributed by atoms with Gasteiger partial charge in [0.05, 0.1) is 18.1 Å². The van der Waals surface area contributed by atoms with E-state index in [0.29, 0.717) is 5.75 Å². The first-order valence-electron chi connectivity index (χ1n) is 5.51. The lowest BCUT2D eigenvalue weighted by molar-refractivity contribution is -0.384. The van der Waals surface area contributed by atoms with Gasteiger partial charge in [-0.25, -0.2) is 0 Å². The average Bonchev–Trinajstić information content (AvgIpc) is 2.32. The van der Waals surface area contributed by atoms with Crippen molar-refractivity contribution in [3.63, 3.8) is 0 Å². The fraction of sp³-hybridized carbons (Fsp3) is 0.455. The molecule has 0 spiro atoms. The number of nitro benzene ring substituents is 1. The monoisotopic (exact) mass is 313 g/mol. The van der Waals surface area contributed by atoms with Crippen molar-refractivity contribution in [2.24, 2.45) is 0 Å². The van der Waals surface area contributed by atoms with Crippen LogP contribution in [0.15, 0.2) is 18.2 Å². The van der Waals surface area contributed by atoms with Crippen molar-refractivity contribution in [3.05, 3.63) is 33.3 Å². The van der Waals surface area contributed by atoms with Crippen molar-refractivity contribution < 1.29 is 27.6 Å². The smallest absolute Gasteiger partial charge is 0.411 e. The Balaban J connectivity index is 2.29. The summed E-state index contributed by atoms with van der Waals surface area (Å²) < 4.78 is 44.8. The fourth-order valence-corrected chi connectivity index (χ4v) is 1.50. The highest BCUT2D eigenvalue weighted by Crippen LogP contribution is 2.28. The van der Waals surface area contributed by atoms with E-state index in [-0.39, 0.29) is 30.3 Å². The lowest BCUT2D eigenvalue weighted by atomic mass is 10.3. The Hall–Kier alpha value is -1.54. The predicted molar refractivity (Wildman–Crippen MR) is 65.1 cm³/mol. The highest BCUT2D eigenvalue weighted by Gasteiger charge is 2.27. The molecule has 0 radical (unpaired) electrons. The van der Waals surface area contributed by atoms with Crippen molar-refractivity contribution in [3.8, 4) is 5.75 Å². The predicted octanol–water partition coefficient (Wildman–Crippen LogP) is 3.60. The zero-order chi connectivity index (χ0) is 15.2. The highest BCUT2D eigenvalue weighted by molar-refractivity contribution is 6.32. The van der Waals surface area contributed by atoms with Crippen LogP contribution in [0.3, 0.4) is 0 Å². The summed E-state index contributed by atoms with van der Waals surface area (Å²) in [5, 5.41) is 10.4. The SMILES string of the molecule is O=[N+]([O-])c1ccc(OCCCOCC(F)(F)F)cc1Cl. The molecule has 0 aliphatic carbocycles. The van der Waals surface area contributed by atoms with Gasteiger partial charge in [0.2, 0.25) is 0 Å². The van der Waals surface area contributed by atoms with E-state index < -0.39 is 17.7 Å². The van der Waals surface area contributed by atoms with Gasteiger partial charge in [-0.15, -0.1) is 0 Å². The molecule has 0 aliphatic rings. The number of nitrogens with zero attached hydrogens (tertiary/aromatic N) is 1. The van der Waals surface area contributed by atoms with E-state index in [4.69, 9.17) is 16.3 Å². The summed E-state index contributed by atoms with van der Waals surface area (Å²) in [5.74, 6) is 0.302. The number of benzene rings is 1. The van der Waals surface area contributed by atoms with Crippen LogP contribution in [-0.2, 0) is 4.74 Å². The Kier molecular flexibility index (Phi) is 6.03. The maximum atomic E-state index is 11.8. The Morgan fingerprint density at radius 2 is 2.00 bits per heavy atom. The van der Waals surface area contributed by atoms with Gasteiger partial charge >= 0.3 is 6.18 Å². The molecule has 0 aromatic heterocycles. The standard InChI is InChI=1S/C11H11ClF3NO4/c12-9-6-8(2-3-10(9)16(17)18)20-5-1-4-19-7-11(13,14)15/h2-3,6H,1,4-5,7H2. The number of nitro groups is 1. The van der Waals surface area contributed by atoms with Crippen LogP contribution in [0, 0.1) is 10.1 Å². The third kappa shape index (κ3) is 6.07. The van der Waals surface area contributed by atoms with E-state index in [2.05, 4.69) is 4.74 Å². The Morgan fingerprint density at radius 1 is 1.30 bits per heavy atom. The summed E-state index contributed by atoms with van der Waals surface area (Å²) >= 11 is 5.67. The maximum Gasteiger partial charge on any atom is 0.411 e. The van der Waals surface area contributed by atoms with Gasteiger partial charge in [0.25, 0.3) is 5.69 Å². The number of hydrogen-bond acceptors (Lipinski definition) is 4. The Labute approximate surface area is 117 Å². The van der Waals surface area contributed by atoms with Gasteiger partial charge in [-0.3, -0.25) is 10.1 Å². The summed E-state index contributed by atoms with van der Waals surface area (Å²) in [4.78, 5) is 9.89. The Morgan fingerprint density at radius 3 is 2.55 bits per heavy atom. The highest BCUT2D eigenvalue weighted by atomic mass is 35.5. The molecule has 1 rings (SSSR count). The molecule has 0 saturated heterocycles. The molecule has 9 heteroatoms. The molecule has 0 N–H and O–H groups in total. The van der Waals surface area contributed by atoms with Crippen LogP contribution < -0.4 is 4.74 Å². The van der Waals surface area contributed by atoms with Crippen LogP contribution in [-0.4, -0.2) is 30.9 Å². The third-order valence-electron chi connectivity index (χ3n) is 2.08. The first-order valence-corrected chi connectivity index (χ1v) is 5.88. The normalized spacial score (nSPS) is 11.4. The number of hydrogen-bond donors (Lipinski definition) is 0. The van der Waals surface area contributed by atoms with Crippen LogP contribution in [0.1, 0.15) is 6.42 Å². The van der Waals surface area contributed by atoms with Gasteiger partial charge < -0.3 is 9.47 Å². The number of alkyl halides is 3. The van der Waals surface area contributed by atoms with Crippen molar-refractivity contribution >= 4 is 17.3 Å². The molecule has 5 nitrogen and oxygen atoms in total. The summed E-state index contributed by atoms with van der Waals surface area (Å²) in [6, 6.07) is 3.83. The molecule has 0 atom stereocenters. The molecule has 0 aliphatic heterocycles. The van der Waals surface area contributed by atoms with Crippen LogP contribution >= 0.6 is 11.6 Å². The van der Waals surface area contributed by atoms with Gasteiger partial charge in [0.15, 0.2) is 0 Å². The zero-order valence-electron chi connectivity index (χ0n) is 10.2. The Bertz CT molecular complexity index is 467. The van der Waals surface area contributed by atoms with Crippen molar-refractivity contribution in [2.75, 3.05) is 19.8 Å². The molecule has 1 aromatic carbocycles. The summed E-state index contributed by atoms with van der Waals surface area (Å²) in [7, 11) is 0. The second-order valence-electron chi connectivity index (χ2n) is 3.74. The average molecular weight is 314 g/mol. The van der Waals surface area contributed by atoms with E-state index in [9.17, 15) is 23.3 Å². The minimum Gasteiger partial charge on any atom is -0.493 e. The van der Waals surface area contributed by atoms with Crippen LogP contribution in [0.5, 0.6) is 5.75 Å². The second kappa shape index (κ2) is 7.30. The van der Waals surface area contributed by atoms with Crippen LogP contribution in [0.25, 0.3) is 0 Å². The summed E-state index contributed by atoms with van der Waals surface area (Å²) in [6.07, 6.45) is -4.09. The minimum absolute atomic E-state index is 0.0687. The summed E-state index contributed by atoms with van der Waals surface area (Å²) in [5.41, 5.74) is -0.243. The van der Waals surface area contributed by atoms with Crippen molar-refractivity contribution in [2.45, 2.75) is 12.6 Å². The lowest BCUT2D eigenvalue weighted by Gasteiger charge is -2.08. The topological polar surface area (TPSA) is 61.6 Å². The molecule has 0 bridgehead atoms. The molecule has 0 amide bonds. The number of rotatable bonds is 7. The van der Waals surface area contributed by atoms with Gasteiger partial charge in [-0.05, 0) is 6.07 Å². The molecule has 0 fully saturated rings. The molecular formula is C11H11ClF3NO4. The number of ether oxygens (including phenoxy) is 2. The van der Waals surface area contributed by atoms with E-state index in [1.165, 1.54) is 18.2 Å². The van der Waals surface area contributed by atoms with Gasteiger partial charge in [0, 0.05) is 18.6 Å². The van der Waals surface area contributed by atoms with Gasteiger partial charge in [0.1, 0.15) is 17.4 Å². The minimum atomic E-state index is -4.34. The molecule has 1 aromatic rings.